The Balaban J connectivity index is 2.58. The molecule has 0 unspecified atom stereocenters. The predicted octanol–water partition coefficient (Wildman–Crippen LogP) is 1.36. The quantitative estimate of drug-likeness (QED) is 0.746. The van der Waals surface area contributed by atoms with Crippen LogP contribution in [0.1, 0.15) is 11.1 Å². The normalized spacial score (nSPS) is 10.9. The van der Waals surface area contributed by atoms with Gasteiger partial charge in [-0.05, 0) is 31.7 Å². The first-order valence-electron chi connectivity index (χ1n) is 4.39. The van der Waals surface area contributed by atoms with Gasteiger partial charge >= 0.3 is 0 Å². The van der Waals surface area contributed by atoms with Crippen LogP contribution in [-0.4, -0.2) is 16.7 Å². The minimum Gasteiger partial charge on any atom is -0.316 e. The molecule has 0 spiro atoms. The average molecular weight is 175 g/mol. The summed E-state index contributed by atoms with van der Waals surface area (Å²) in [6, 6.07) is 4.21. The van der Waals surface area contributed by atoms with Gasteiger partial charge < -0.3 is 5.32 Å². The summed E-state index contributed by atoms with van der Waals surface area (Å²) < 4.78 is 1.90. The number of rotatable bonds is 2. The lowest BCUT2D eigenvalue weighted by molar-refractivity contribution is 0.823. The second-order valence-corrected chi connectivity index (χ2v) is 3.23. The van der Waals surface area contributed by atoms with Gasteiger partial charge in [-0.2, -0.15) is 5.10 Å². The molecule has 0 saturated carbocycles. The first kappa shape index (κ1) is 8.26. The highest BCUT2D eigenvalue weighted by atomic mass is 15.2. The van der Waals surface area contributed by atoms with Gasteiger partial charge in [0.2, 0.25) is 0 Å². The number of hydrogen-bond acceptors (Lipinski definition) is 2. The van der Waals surface area contributed by atoms with Crippen LogP contribution in [0.25, 0.3) is 5.52 Å². The molecule has 2 heterocycles. The van der Waals surface area contributed by atoms with Crippen molar-refractivity contribution in [1.29, 1.82) is 0 Å². The van der Waals surface area contributed by atoms with Gasteiger partial charge in [-0.15, -0.1) is 0 Å². The average Bonchev–Trinajstić information content (AvgIpc) is 2.49. The highest BCUT2D eigenvalue weighted by Gasteiger charge is 2.01. The Bertz CT molecular complexity index is 417. The van der Waals surface area contributed by atoms with Crippen molar-refractivity contribution < 1.29 is 0 Å². The molecule has 2 aromatic heterocycles. The molecule has 0 radical (unpaired) electrons. The Morgan fingerprint density at radius 3 is 3.15 bits per heavy atom. The standard InChI is InChI=1S/C10H13N3/c1-8-3-4-13-10(5-8)9(6-11-2)7-12-13/h3-5,7,11H,6H2,1-2H3. The van der Waals surface area contributed by atoms with Gasteiger partial charge in [0.1, 0.15) is 0 Å². The molecule has 3 heteroatoms. The van der Waals surface area contributed by atoms with E-state index in [1.807, 2.05) is 24.0 Å². The molecule has 0 atom stereocenters. The van der Waals surface area contributed by atoms with E-state index in [0.717, 1.165) is 6.54 Å². The van der Waals surface area contributed by atoms with E-state index in [0.29, 0.717) is 0 Å². The lowest BCUT2D eigenvalue weighted by Crippen LogP contribution is -2.04. The fourth-order valence-electron chi connectivity index (χ4n) is 1.46. The Morgan fingerprint density at radius 2 is 2.38 bits per heavy atom. The first-order chi connectivity index (χ1) is 6.31. The number of fused-ring (bicyclic) bond motifs is 1. The first-order valence-corrected chi connectivity index (χ1v) is 4.39. The summed E-state index contributed by atoms with van der Waals surface area (Å²) >= 11 is 0. The summed E-state index contributed by atoms with van der Waals surface area (Å²) in [4.78, 5) is 0. The third-order valence-corrected chi connectivity index (χ3v) is 2.12. The van der Waals surface area contributed by atoms with Gasteiger partial charge in [-0.25, -0.2) is 4.52 Å². The van der Waals surface area contributed by atoms with Crippen molar-refractivity contribution >= 4 is 5.52 Å². The molecule has 0 aromatic carbocycles. The smallest absolute Gasteiger partial charge is 0.0709 e. The highest BCUT2D eigenvalue weighted by molar-refractivity contribution is 5.54. The van der Waals surface area contributed by atoms with Gasteiger partial charge in [-0.1, -0.05) is 0 Å². The second-order valence-electron chi connectivity index (χ2n) is 3.23. The number of pyridine rings is 1. The van der Waals surface area contributed by atoms with Crippen molar-refractivity contribution in [2.45, 2.75) is 13.5 Å². The van der Waals surface area contributed by atoms with Crippen LogP contribution in [0.5, 0.6) is 0 Å². The molecule has 2 aromatic rings. The Hall–Kier alpha value is -1.35. The minimum absolute atomic E-state index is 0.868. The summed E-state index contributed by atoms with van der Waals surface area (Å²) in [7, 11) is 1.94. The molecule has 0 aliphatic carbocycles. The predicted molar refractivity (Wildman–Crippen MR) is 52.7 cm³/mol. The van der Waals surface area contributed by atoms with Gasteiger partial charge in [0.15, 0.2) is 0 Å². The van der Waals surface area contributed by atoms with Gasteiger partial charge in [0.05, 0.1) is 11.7 Å². The van der Waals surface area contributed by atoms with Crippen LogP contribution in [0.3, 0.4) is 0 Å². The lowest BCUT2D eigenvalue weighted by Gasteiger charge is -1.98. The van der Waals surface area contributed by atoms with Crippen LogP contribution in [0.4, 0.5) is 0 Å². The molecule has 13 heavy (non-hydrogen) atoms. The largest absolute Gasteiger partial charge is 0.316 e. The molecule has 1 N–H and O–H groups in total. The monoisotopic (exact) mass is 175 g/mol. The van der Waals surface area contributed by atoms with Crippen molar-refractivity contribution in [2.75, 3.05) is 7.05 Å². The second kappa shape index (κ2) is 3.18. The SMILES string of the molecule is CNCc1cnn2ccc(C)cc12. The molecular formula is C10H13N3. The summed E-state index contributed by atoms with van der Waals surface area (Å²) in [6.07, 6.45) is 3.90. The van der Waals surface area contributed by atoms with Crippen molar-refractivity contribution in [1.82, 2.24) is 14.9 Å². The number of nitrogens with zero attached hydrogens (tertiary/aromatic N) is 2. The van der Waals surface area contributed by atoms with Crippen LogP contribution >= 0.6 is 0 Å². The summed E-state index contributed by atoms with van der Waals surface area (Å²) in [5.74, 6) is 0. The maximum absolute atomic E-state index is 4.26. The van der Waals surface area contributed by atoms with E-state index in [1.165, 1.54) is 16.6 Å². The number of aryl methyl sites for hydroxylation is 1. The zero-order valence-corrected chi connectivity index (χ0v) is 7.91. The minimum atomic E-state index is 0.868. The summed E-state index contributed by atoms with van der Waals surface area (Å²) in [5.41, 5.74) is 3.70. The third kappa shape index (κ3) is 1.42. The Labute approximate surface area is 77.4 Å². The van der Waals surface area contributed by atoms with Crippen LogP contribution < -0.4 is 5.32 Å². The number of nitrogens with one attached hydrogen (secondary N) is 1. The molecule has 3 nitrogen and oxygen atoms in total. The lowest BCUT2D eigenvalue weighted by atomic mass is 10.2. The molecule has 0 saturated heterocycles. The van der Waals surface area contributed by atoms with E-state index in [-0.39, 0.29) is 0 Å². The van der Waals surface area contributed by atoms with Crippen LogP contribution in [-0.2, 0) is 6.54 Å². The van der Waals surface area contributed by atoms with Crippen LogP contribution in [0, 0.1) is 6.92 Å². The molecule has 0 bridgehead atoms. The molecule has 0 aliphatic rings. The molecule has 2 rings (SSSR count). The Morgan fingerprint density at radius 1 is 1.54 bits per heavy atom. The number of aromatic nitrogens is 2. The fraction of sp³-hybridized carbons (Fsp3) is 0.300. The maximum Gasteiger partial charge on any atom is 0.0709 e. The summed E-state index contributed by atoms with van der Waals surface area (Å²) in [5, 5.41) is 7.38. The Kier molecular flexibility index (Phi) is 2.02. The zero-order valence-electron chi connectivity index (χ0n) is 7.91. The van der Waals surface area contributed by atoms with Crippen LogP contribution in [0.15, 0.2) is 24.5 Å². The summed E-state index contributed by atoms with van der Waals surface area (Å²) in [6.45, 7) is 2.96. The van der Waals surface area contributed by atoms with E-state index in [2.05, 4.69) is 29.5 Å². The van der Waals surface area contributed by atoms with Crippen LogP contribution in [0.2, 0.25) is 0 Å². The van der Waals surface area contributed by atoms with Crippen molar-refractivity contribution in [3.05, 3.63) is 35.7 Å². The van der Waals surface area contributed by atoms with Gasteiger partial charge in [0.25, 0.3) is 0 Å². The van der Waals surface area contributed by atoms with E-state index < -0.39 is 0 Å². The van der Waals surface area contributed by atoms with Gasteiger partial charge in [-0.3, -0.25) is 0 Å². The van der Waals surface area contributed by atoms with E-state index in [9.17, 15) is 0 Å². The van der Waals surface area contributed by atoms with E-state index in [4.69, 9.17) is 0 Å². The molecule has 0 fully saturated rings. The fourth-order valence-corrected chi connectivity index (χ4v) is 1.46. The maximum atomic E-state index is 4.26. The highest BCUT2D eigenvalue weighted by Crippen LogP contribution is 2.11. The topological polar surface area (TPSA) is 29.3 Å². The molecule has 0 amide bonds. The van der Waals surface area contributed by atoms with E-state index in [1.54, 1.807) is 0 Å². The number of hydrogen-bond donors (Lipinski definition) is 1. The van der Waals surface area contributed by atoms with Gasteiger partial charge in [0, 0.05) is 18.3 Å². The molecule has 68 valence electrons. The van der Waals surface area contributed by atoms with Crippen molar-refractivity contribution in [3.63, 3.8) is 0 Å². The molecular weight excluding hydrogens is 162 g/mol. The third-order valence-electron chi connectivity index (χ3n) is 2.12. The molecule has 0 aliphatic heterocycles. The van der Waals surface area contributed by atoms with E-state index >= 15 is 0 Å². The van der Waals surface area contributed by atoms with Crippen molar-refractivity contribution in [2.24, 2.45) is 0 Å². The zero-order chi connectivity index (χ0) is 9.26. The van der Waals surface area contributed by atoms with Crippen molar-refractivity contribution in [3.8, 4) is 0 Å².